The Morgan fingerprint density at radius 3 is 3.00 bits per heavy atom. The summed E-state index contributed by atoms with van der Waals surface area (Å²) in [6.45, 7) is 3.88. The van der Waals surface area contributed by atoms with E-state index in [2.05, 4.69) is 45.5 Å². The fourth-order valence-electron chi connectivity index (χ4n) is 5.54. The van der Waals surface area contributed by atoms with E-state index >= 15 is 0 Å². The van der Waals surface area contributed by atoms with Gasteiger partial charge in [-0.05, 0) is 24.8 Å². The molecule has 1 spiro atoms. The van der Waals surface area contributed by atoms with Crippen LogP contribution in [0.5, 0.6) is 0 Å². The van der Waals surface area contributed by atoms with Crippen LogP contribution in [-0.4, -0.2) is 58.2 Å². The Balaban J connectivity index is 1.21. The first-order valence-corrected chi connectivity index (χ1v) is 10.3. The highest BCUT2D eigenvalue weighted by Gasteiger charge is 2.62. The van der Waals surface area contributed by atoms with Crippen LogP contribution in [0.15, 0.2) is 42.9 Å². The number of amides is 1. The highest BCUT2D eigenvalue weighted by molar-refractivity contribution is 5.92. The van der Waals surface area contributed by atoms with Gasteiger partial charge in [0.05, 0.1) is 24.2 Å². The molecule has 1 aromatic heterocycles. The van der Waals surface area contributed by atoms with Gasteiger partial charge in [0.25, 0.3) is 5.91 Å². The molecule has 1 N–H and O–H groups in total. The minimum absolute atomic E-state index is 0.0171. The van der Waals surface area contributed by atoms with Crippen molar-refractivity contribution in [2.75, 3.05) is 26.2 Å². The van der Waals surface area contributed by atoms with E-state index in [1.54, 1.807) is 17.1 Å². The molecule has 3 saturated heterocycles. The first-order chi connectivity index (χ1) is 13.6. The zero-order chi connectivity index (χ0) is 19.1. The largest absolute Gasteiger partial charge is 0.370 e. The zero-order valence-corrected chi connectivity index (χ0v) is 16.4. The highest BCUT2D eigenvalue weighted by Crippen LogP contribution is 2.54. The molecule has 1 amide bonds. The Morgan fingerprint density at radius 1 is 1.36 bits per heavy atom. The first kappa shape index (κ1) is 17.9. The number of aryl methyl sites for hydroxylation is 1. The summed E-state index contributed by atoms with van der Waals surface area (Å²) < 4.78 is 8.27. The molecule has 4 heterocycles. The van der Waals surface area contributed by atoms with Gasteiger partial charge < -0.3 is 14.6 Å². The maximum Gasteiger partial charge on any atom is 0.269 e. The molecule has 4 atom stereocenters. The van der Waals surface area contributed by atoms with Crippen molar-refractivity contribution in [2.24, 2.45) is 18.9 Å². The van der Waals surface area contributed by atoms with Gasteiger partial charge in [-0.1, -0.05) is 30.3 Å². The van der Waals surface area contributed by atoms with E-state index in [1.165, 1.54) is 5.56 Å². The number of ether oxygens (including phenoxy) is 1. The summed E-state index contributed by atoms with van der Waals surface area (Å²) in [5, 5.41) is 3.14. The molecule has 3 aliphatic heterocycles. The number of hydrogen-bond donors (Lipinski definition) is 1. The number of nitrogens with zero attached hydrogens (tertiary/aromatic N) is 3. The van der Waals surface area contributed by atoms with Crippen LogP contribution in [-0.2, 0) is 18.2 Å². The van der Waals surface area contributed by atoms with Crippen molar-refractivity contribution >= 4 is 5.91 Å². The van der Waals surface area contributed by atoms with E-state index in [0.29, 0.717) is 30.2 Å². The van der Waals surface area contributed by atoms with Crippen LogP contribution in [0, 0.1) is 11.8 Å². The van der Waals surface area contributed by atoms with Gasteiger partial charge in [0.15, 0.2) is 0 Å². The molecule has 0 radical (unpaired) electrons. The van der Waals surface area contributed by atoms with E-state index in [-0.39, 0.29) is 11.5 Å². The second-order valence-corrected chi connectivity index (χ2v) is 8.60. The summed E-state index contributed by atoms with van der Waals surface area (Å²) in [5.41, 5.74) is 2.01. The molecule has 6 heteroatoms. The predicted octanol–water partition coefficient (Wildman–Crippen LogP) is 1.87. The van der Waals surface area contributed by atoms with E-state index in [4.69, 9.17) is 4.74 Å². The maximum absolute atomic E-state index is 12.5. The van der Waals surface area contributed by atoms with Gasteiger partial charge in [0.2, 0.25) is 0 Å². The Kier molecular flexibility index (Phi) is 4.48. The summed E-state index contributed by atoms with van der Waals surface area (Å²) in [6, 6.07) is 10.7. The maximum atomic E-state index is 12.5. The van der Waals surface area contributed by atoms with Gasteiger partial charge in [-0.15, -0.1) is 0 Å². The first-order valence-electron chi connectivity index (χ1n) is 10.3. The molecule has 3 fully saturated rings. The molecule has 148 valence electrons. The third-order valence-corrected chi connectivity index (χ3v) is 6.96. The molecule has 3 aliphatic rings. The molecule has 2 aromatic rings. The van der Waals surface area contributed by atoms with Crippen LogP contribution < -0.4 is 5.32 Å². The van der Waals surface area contributed by atoms with Crippen LogP contribution in [0.4, 0.5) is 0 Å². The van der Waals surface area contributed by atoms with Crippen molar-refractivity contribution < 1.29 is 9.53 Å². The molecule has 6 nitrogen and oxygen atoms in total. The lowest BCUT2D eigenvalue weighted by Gasteiger charge is -2.29. The number of fused-ring (bicyclic) bond motifs is 1. The summed E-state index contributed by atoms with van der Waals surface area (Å²) in [4.78, 5) is 19.1. The Hall–Kier alpha value is -2.18. The van der Waals surface area contributed by atoms with Crippen molar-refractivity contribution in [3.63, 3.8) is 0 Å². The van der Waals surface area contributed by atoms with Crippen molar-refractivity contribution in [2.45, 2.75) is 31.0 Å². The molecule has 2 bridgehead atoms. The normalized spacial score (nSPS) is 31.2. The van der Waals surface area contributed by atoms with Crippen LogP contribution in [0.1, 0.15) is 28.9 Å². The zero-order valence-electron chi connectivity index (χ0n) is 16.4. The van der Waals surface area contributed by atoms with E-state index in [9.17, 15) is 4.79 Å². The number of carbonyl (C=O) groups excluding carboxylic acids is 1. The van der Waals surface area contributed by atoms with Gasteiger partial charge in [0.1, 0.15) is 5.69 Å². The molecular weight excluding hydrogens is 352 g/mol. The summed E-state index contributed by atoms with van der Waals surface area (Å²) >= 11 is 0. The third kappa shape index (κ3) is 3.05. The molecular formula is C22H28N4O2. The van der Waals surface area contributed by atoms with Crippen LogP contribution >= 0.6 is 0 Å². The van der Waals surface area contributed by atoms with E-state index in [0.717, 1.165) is 38.9 Å². The number of likely N-dealkylation sites (tertiary alicyclic amines) is 1. The van der Waals surface area contributed by atoms with E-state index in [1.807, 2.05) is 7.05 Å². The van der Waals surface area contributed by atoms with Crippen LogP contribution in [0.3, 0.4) is 0 Å². The topological polar surface area (TPSA) is 59.4 Å². The van der Waals surface area contributed by atoms with Crippen molar-refractivity contribution in [3.8, 4) is 0 Å². The summed E-state index contributed by atoms with van der Waals surface area (Å²) in [5.74, 6) is 0.886. The Bertz CT molecular complexity index is 851. The van der Waals surface area contributed by atoms with Gasteiger partial charge in [0, 0.05) is 45.1 Å². The SMILES string of the molecule is Cn1cncc1C(=O)NC[C@H]1[C@H]2CN(CCc3ccccc3)C[C@]23CC[C@H]1O3. The minimum atomic E-state index is -0.0456. The lowest BCUT2D eigenvalue weighted by Crippen LogP contribution is -2.42. The molecule has 5 rings (SSSR count). The monoisotopic (exact) mass is 380 g/mol. The second-order valence-electron chi connectivity index (χ2n) is 8.60. The summed E-state index contributed by atoms with van der Waals surface area (Å²) in [7, 11) is 1.85. The Labute approximate surface area is 165 Å². The number of aromatic nitrogens is 2. The third-order valence-electron chi connectivity index (χ3n) is 6.96. The average molecular weight is 380 g/mol. The van der Waals surface area contributed by atoms with Crippen molar-refractivity contribution in [1.82, 2.24) is 19.8 Å². The molecule has 28 heavy (non-hydrogen) atoms. The van der Waals surface area contributed by atoms with Crippen LogP contribution in [0.25, 0.3) is 0 Å². The van der Waals surface area contributed by atoms with Gasteiger partial charge >= 0.3 is 0 Å². The number of carbonyl (C=O) groups is 1. The van der Waals surface area contributed by atoms with Crippen molar-refractivity contribution in [3.05, 3.63) is 54.1 Å². The van der Waals surface area contributed by atoms with Gasteiger partial charge in [-0.25, -0.2) is 4.98 Å². The fraction of sp³-hybridized carbons (Fsp3) is 0.545. The lowest BCUT2D eigenvalue weighted by molar-refractivity contribution is 0.00285. The molecule has 0 aliphatic carbocycles. The van der Waals surface area contributed by atoms with Crippen LogP contribution in [0.2, 0.25) is 0 Å². The molecule has 1 aromatic carbocycles. The number of imidazole rings is 1. The molecule has 0 saturated carbocycles. The highest BCUT2D eigenvalue weighted by atomic mass is 16.5. The van der Waals surface area contributed by atoms with Crippen molar-refractivity contribution in [1.29, 1.82) is 0 Å². The average Bonchev–Trinajstić information content (AvgIpc) is 3.45. The van der Waals surface area contributed by atoms with E-state index < -0.39 is 0 Å². The minimum Gasteiger partial charge on any atom is -0.370 e. The van der Waals surface area contributed by atoms with Gasteiger partial charge in [-0.3, -0.25) is 9.69 Å². The lowest BCUT2D eigenvalue weighted by atomic mass is 9.73. The number of hydrogen-bond acceptors (Lipinski definition) is 4. The number of nitrogens with one attached hydrogen (secondary N) is 1. The standard InChI is InChI=1S/C22H28N4O2/c1-25-15-23-12-19(25)21(27)24-11-17-18-13-26(10-8-16-5-3-2-4-6-16)14-22(18)9-7-20(17)28-22/h2-6,12,15,17-18,20H,7-11,13-14H2,1H3,(H,24,27)/t17-,18+,20+,22+/m0/s1. The second kappa shape index (κ2) is 7.01. The number of rotatable bonds is 6. The number of benzene rings is 1. The fourth-order valence-corrected chi connectivity index (χ4v) is 5.54. The Morgan fingerprint density at radius 2 is 2.21 bits per heavy atom. The quantitative estimate of drug-likeness (QED) is 0.831. The predicted molar refractivity (Wildman–Crippen MR) is 106 cm³/mol. The summed E-state index contributed by atoms with van der Waals surface area (Å²) in [6.07, 6.45) is 6.94. The smallest absolute Gasteiger partial charge is 0.269 e. The molecule has 0 unspecified atom stereocenters. The van der Waals surface area contributed by atoms with Gasteiger partial charge in [-0.2, -0.15) is 0 Å².